The Hall–Kier alpha value is -3.35. The molecule has 168 valence electrons. The number of piperidine rings is 1. The fourth-order valence-corrected chi connectivity index (χ4v) is 4.26. The van der Waals surface area contributed by atoms with Crippen LogP contribution in [-0.2, 0) is 16.1 Å². The molecule has 4 rings (SSSR count). The van der Waals surface area contributed by atoms with Crippen molar-refractivity contribution < 1.29 is 19.1 Å². The SMILES string of the molecule is O=C(Nc1ccc(C(=O)N2CCCCC2)cc1)[C@@H]1CCCN1C(=O)OCc1ccccc1. The first-order valence-corrected chi connectivity index (χ1v) is 11.3. The summed E-state index contributed by atoms with van der Waals surface area (Å²) in [6, 6.07) is 15.9. The van der Waals surface area contributed by atoms with Crippen LogP contribution in [0.2, 0.25) is 0 Å². The second-order valence-electron chi connectivity index (χ2n) is 8.31. The molecule has 1 N–H and O–H groups in total. The summed E-state index contributed by atoms with van der Waals surface area (Å²) >= 11 is 0. The number of nitrogens with zero attached hydrogens (tertiary/aromatic N) is 2. The first kappa shape index (κ1) is 21.9. The number of hydrogen-bond donors (Lipinski definition) is 1. The maximum Gasteiger partial charge on any atom is 0.410 e. The van der Waals surface area contributed by atoms with Gasteiger partial charge in [-0.25, -0.2) is 4.79 Å². The Morgan fingerprint density at radius 1 is 0.875 bits per heavy atom. The van der Waals surface area contributed by atoms with Crippen molar-refractivity contribution >= 4 is 23.6 Å². The van der Waals surface area contributed by atoms with Crippen molar-refractivity contribution in [3.63, 3.8) is 0 Å². The van der Waals surface area contributed by atoms with Crippen LogP contribution in [-0.4, -0.2) is 53.4 Å². The van der Waals surface area contributed by atoms with Gasteiger partial charge in [-0.3, -0.25) is 14.5 Å². The molecule has 7 heteroatoms. The van der Waals surface area contributed by atoms with E-state index >= 15 is 0 Å². The van der Waals surface area contributed by atoms with Crippen LogP contribution in [0.25, 0.3) is 0 Å². The Labute approximate surface area is 188 Å². The minimum absolute atomic E-state index is 0.0331. The number of hydrogen-bond acceptors (Lipinski definition) is 4. The molecule has 0 unspecified atom stereocenters. The zero-order chi connectivity index (χ0) is 22.3. The van der Waals surface area contributed by atoms with E-state index in [-0.39, 0.29) is 18.4 Å². The quantitative estimate of drug-likeness (QED) is 0.768. The van der Waals surface area contributed by atoms with Crippen molar-refractivity contribution in [3.05, 3.63) is 65.7 Å². The first-order valence-electron chi connectivity index (χ1n) is 11.3. The van der Waals surface area contributed by atoms with E-state index in [1.165, 1.54) is 11.3 Å². The molecule has 1 atom stereocenters. The topological polar surface area (TPSA) is 79.0 Å². The highest BCUT2D eigenvalue weighted by Gasteiger charge is 2.35. The van der Waals surface area contributed by atoms with Crippen LogP contribution in [0.1, 0.15) is 48.0 Å². The molecule has 2 aliphatic rings. The van der Waals surface area contributed by atoms with Gasteiger partial charge in [-0.05, 0) is 61.9 Å². The largest absolute Gasteiger partial charge is 0.445 e. The number of carbonyl (C=O) groups excluding carboxylic acids is 3. The van der Waals surface area contributed by atoms with Crippen molar-refractivity contribution in [1.82, 2.24) is 9.80 Å². The molecular weight excluding hydrogens is 406 g/mol. The Balaban J connectivity index is 1.32. The van der Waals surface area contributed by atoms with Gasteiger partial charge in [-0.1, -0.05) is 30.3 Å². The number of nitrogens with one attached hydrogen (secondary N) is 1. The van der Waals surface area contributed by atoms with Crippen molar-refractivity contribution in [2.45, 2.75) is 44.8 Å². The highest BCUT2D eigenvalue weighted by Crippen LogP contribution is 2.21. The number of anilines is 1. The summed E-state index contributed by atoms with van der Waals surface area (Å²) in [5, 5.41) is 2.87. The van der Waals surface area contributed by atoms with Crippen molar-refractivity contribution in [2.75, 3.05) is 25.0 Å². The number of carbonyl (C=O) groups is 3. The van der Waals surface area contributed by atoms with Gasteiger partial charge in [-0.2, -0.15) is 0 Å². The maximum absolute atomic E-state index is 12.8. The minimum Gasteiger partial charge on any atom is -0.445 e. The second-order valence-corrected chi connectivity index (χ2v) is 8.31. The van der Waals surface area contributed by atoms with Crippen LogP contribution in [0.15, 0.2) is 54.6 Å². The molecular formula is C25H29N3O4. The van der Waals surface area contributed by atoms with Crippen LogP contribution in [0.4, 0.5) is 10.5 Å². The standard InChI is InChI=1S/C25H29N3O4/c29-23(22-10-7-17-28(22)25(31)32-18-19-8-3-1-4-9-19)26-21-13-11-20(12-14-21)24(30)27-15-5-2-6-16-27/h1,3-4,8-9,11-14,22H,2,5-7,10,15-18H2,(H,26,29)/t22-/m0/s1. The summed E-state index contributed by atoms with van der Waals surface area (Å²) < 4.78 is 5.41. The van der Waals surface area contributed by atoms with Gasteiger partial charge >= 0.3 is 6.09 Å². The fourth-order valence-electron chi connectivity index (χ4n) is 4.26. The smallest absolute Gasteiger partial charge is 0.410 e. The van der Waals surface area contributed by atoms with Gasteiger partial charge in [0.2, 0.25) is 5.91 Å². The van der Waals surface area contributed by atoms with E-state index in [0.29, 0.717) is 24.2 Å². The Bertz CT molecular complexity index is 939. The molecule has 0 aromatic heterocycles. The minimum atomic E-state index is -0.562. The van der Waals surface area contributed by atoms with E-state index < -0.39 is 12.1 Å². The van der Waals surface area contributed by atoms with Gasteiger partial charge in [0.1, 0.15) is 12.6 Å². The molecule has 2 aromatic carbocycles. The molecule has 0 radical (unpaired) electrons. The van der Waals surface area contributed by atoms with Crippen LogP contribution in [0, 0.1) is 0 Å². The zero-order valence-electron chi connectivity index (χ0n) is 18.2. The molecule has 0 spiro atoms. The summed E-state index contributed by atoms with van der Waals surface area (Å²) in [6.45, 7) is 2.27. The highest BCUT2D eigenvalue weighted by atomic mass is 16.6. The molecule has 32 heavy (non-hydrogen) atoms. The molecule has 2 heterocycles. The van der Waals surface area contributed by atoms with Crippen LogP contribution >= 0.6 is 0 Å². The van der Waals surface area contributed by atoms with Crippen LogP contribution in [0.3, 0.4) is 0 Å². The van der Waals surface area contributed by atoms with Gasteiger partial charge < -0.3 is 15.0 Å². The van der Waals surface area contributed by atoms with Gasteiger partial charge in [0.15, 0.2) is 0 Å². The molecule has 7 nitrogen and oxygen atoms in total. The van der Waals surface area contributed by atoms with E-state index in [1.54, 1.807) is 24.3 Å². The molecule has 2 saturated heterocycles. The van der Waals surface area contributed by atoms with Gasteiger partial charge in [-0.15, -0.1) is 0 Å². The van der Waals surface area contributed by atoms with Gasteiger partial charge in [0.05, 0.1) is 0 Å². The molecule has 0 saturated carbocycles. The molecule has 2 fully saturated rings. The third-order valence-corrected chi connectivity index (χ3v) is 6.04. The lowest BCUT2D eigenvalue weighted by Crippen LogP contribution is -2.43. The Kier molecular flexibility index (Phi) is 7.04. The average molecular weight is 436 g/mol. The number of rotatable bonds is 5. The van der Waals surface area contributed by atoms with E-state index in [2.05, 4.69) is 5.32 Å². The number of benzene rings is 2. The molecule has 2 aliphatic heterocycles. The van der Waals surface area contributed by atoms with Crippen LogP contribution in [0.5, 0.6) is 0 Å². The lowest BCUT2D eigenvalue weighted by molar-refractivity contribution is -0.120. The number of ether oxygens (including phenoxy) is 1. The van der Waals surface area contributed by atoms with E-state index in [4.69, 9.17) is 4.74 Å². The third-order valence-electron chi connectivity index (χ3n) is 6.04. The number of amides is 3. The predicted molar refractivity (Wildman–Crippen MR) is 121 cm³/mol. The molecule has 2 aromatic rings. The lowest BCUT2D eigenvalue weighted by atomic mass is 10.1. The molecule has 0 bridgehead atoms. The van der Waals surface area contributed by atoms with Crippen molar-refractivity contribution in [3.8, 4) is 0 Å². The molecule has 0 aliphatic carbocycles. The lowest BCUT2D eigenvalue weighted by Gasteiger charge is -2.26. The number of likely N-dealkylation sites (tertiary alicyclic amines) is 2. The van der Waals surface area contributed by atoms with E-state index in [0.717, 1.165) is 37.9 Å². The Morgan fingerprint density at radius 3 is 2.31 bits per heavy atom. The summed E-state index contributed by atoms with van der Waals surface area (Å²) in [5.41, 5.74) is 2.13. The maximum atomic E-state index is 12.8. The van der Waals surface area contributed by atoms with E-state index in [9.17, 15) is 14.4 Å². The van der Waals surface area contributed by atoms with Crippen molar-refractivity contribution in [2.24, 2.45) is 0 Å². The van der Waals surface area contributed by atoms with Crippen LogP contribution < -0.4 is 5.32 Å². The summed E-state index contributed by atoms with van der Waals surface area (Å²) in [4.78, 5) is 41.4. The van der Waals surface area contributed by atoms with E-state index in [1.807, 2.05) is 35.2 Å². The Morgan fingerprint density at radius 2 is 1.59 bits per heavy atom. The summed E-state index contributed by atoms with van der Waals surface area (Å²) in [7, 11) is 0. The molecule has 3 amide bonds. The van der Waals surface area contributed by atoms with Gasteiger partial charge in [0.25, 0.3) is 5.91 Å². The highest BCUT2D eigenvalue weighted by molar-refractivity contribution is 5.98. The summed E-state index contributed by atoms with van der Waals surface area (Å²) in [6.07, 6.45) is 4.14. The average Bonchev–Trinajstić information content (AvgIpc) is 3.34. The van der Waals surface area contributed by atoms with Crippen molar-refractivity contribution in [1.29, 1.82) is 0 Å². The third kappa shape index (κ3) is 5.28. The first-order chi connectivity index (χ1) is 15.6. The summed E-state index contributed by atoms with van der Waals surface area (Å²) in [5.74, 6) is -0.208. The monoisotopic (exact) mass is 435 g/mol. The zero-order valence-corrected chi connectivity index (χ0v) is 18.2. The predicted octanol–water partition coefficient (Wildman–Crippen LogP) is 4.05. The normalized spacial score (nSPS) is 18.3. The fraction of sp³-hybridized carbons (Fsp3) is 0.400. The second kappa shape index (κ2) is 10.3. The van der Waals surface area contributed by atoms with Gasteiger partial charge in [0, 0.05) is 30.9 Å².